The van der Waals surface area contributed by atoms with E-state index in [1.165, 1.54) is 12.0 Å². The summed E-state index contributed by atoms with van der Waals surface area (Å²) in [6.07, 6.45) is 4.42. The second-order valence-electron chi connectivity index (χ2n) is 6.12. The van der Waals surface area contributed by atoms with Gasteiger partial charge in [0.25, 0.3) is 0 Å². The molecule has 0 atom stereocenters. The molecule has 0 aliphatic heterocycles. The molecule has 1 N–H and O–H groups in total. The summed E-state index contributed by atoms with van der Waals surface area (Å²) in [6.45, 7) is 2.12. The largest absolute Gasteiger partial charge is 0.465 e. The van der Waals surface area contributed by atoms with E-state index in [0.29, 0.717) is 11.4 Å². The van der Waals surface area contributed by atoms with Crippen molar-refractivity contribution in [3.63, 3.8) is 0 Å². The van der Waals surface area contributed by atoms with E-state index in [1.807, 2.05) is 24.3 Å². The molecule has 0 spiro atoms. The summed E-state index contributed by atoms with van der Waals surface area (Å²) in [7, 11) is 1.37. The number of carbonyl (C=O) groups excluding carboxylic acids is 1. The number of fused-ring (bicyclic) bond motifs is 1. The van der Waals surface area contributed by atoms with E-state index in [-0.39, 0.29) is 5.97 Å². The lowest BCUT2D eigenvalue weighted by Crippen LogP contribution is -2.02. The van der Waals surface area contributed by atoms with Crippen LogP contribution in [0.3, 0.4) is 0 Å². The zero-order valence-electron chi connectivity index (χ0n) is 15.5. The summed E-state index contributed by atoms with van der Waals surface area (Å²) in [5, 5.41) is 4.34. The van der Waals surface area contributed by atoms with Crippen LogP contribution in [0.2, 0.25) is 0 Å². The molecule has 3 aromatic heterocycles. The minimum absolute atomic E-state index is 0.361. The van der Waals surface area contributed by atoms with Gasteiger partial charge in [0, 0.05) is 28.5 Å². The number of nitrogens with one attached hydrogen (secondary N) is 1. The van der Waals surface area contributed by atoms with Gasteiger partial charge in [-0.1, -0.05) is 6.92 Å². The zero-order valence-corrected chi connectivity index (χ0v) is 16.3. The summed E-state index contributed by atoms with van der Waals surface area (Å²) >= 11 is 1.67. The van der Waals surface area contributed by atoms with Crippen LogP contribution < -0.4 is 5.32 Å². The zero-order chi connectivity index (χ0) is 19.5. The van der Waals surface area contributed by atoms with E-state index in [1.54, 1.807) is 35.9 Å². The van der Waals surface area contributed by atoms with Crippen molar-refractivity contribution in [1.29, 1.82) is 0 Å². The predicted octanol–water partition coefficient (Wildman–Crippen LogP) is 4.85. The number of hydrogen-bond acceptors (Lipinski definition) is 7. The summed E-state index contributed by atoms with van der Waals surface area (Å²) in [5.74, 6) is 0.990. The monoisotopic (exact) mass is 390 g/mol. The highest BCUT2D eigenvalue weighted by atomic mass is 32.1. The average molecular weight is 390 g/mol. The molecule has 3 heterocycles. The number of methoxy groups -OCH3 is 1. The Kier molecular flexibility index (Phi) is 4.99. The lowest BCUT2D eigenvalue weighted by Gasteiger charge is -2.09. The molecule has 0 aliphatic carbocycles. The van der Waals surface area contributed by atoms with Gasteiger partial charge in [-0.05, 0) is 48.9 Å². The van der Waals surface area contributed by atoms with Crippen LogP contribution in [0.1, 0.15) is 22.2 Å². The Bertz CT molecular complexity index is 1120. The third-order valence-electron chi connectivity index (χ3n) is 4.28. The van der Waals surface area contributed by atoms with Gasteiger partial charge in [-0.3, -0.25) is 4.98 Å². The summed E-state index contributed by atoms with van der Waals surface area (Å²) < 4.78 is 4.75. The first-order valence-corrected chi connectivity index (χ1v) is 9.66. The van der Waals surface area contributed by atoms with Gasteiger partial charge in [-0.15, -0.1) is 11.3 Å². The molecule has 7 heteroatoms. The quantitative estimate of drug-likeness (QED) is 0.491. The first-order valence-electron chi connectivity index (χ1n) is 8.84. The highest BCUT2D eigenvalue weighted by Gasteiger charge is 2.13. The number of rotatable bonds is 5. The molecule has 0 fully saturated rings. The van der Waals surface area contributed by atoms with Gasteiger partial charge in [0.15, 0.2) is 5.82 Å². The van der Waals surface area contributed by atoms with Crippen molar-refractivity contribution in [2.75, 3.05) is 12.4 Å². The Morgan fingerprint density at radius 1 is 1.18 bits per heavy atom. The molecule has 0 bridgehead atoms. The maximum absolute atomic E-state index is 11.6. The van der Waals surface area contributed by atoms with E-state index in [2.05, 4.69) is 23.3 Å². The molecule has 4 aromatic rings. The summed E-state index contributed by atoms with van der Waals surface area (Å²) in [4.78, 5) is 27.4. The second kappa shape index (κ2) is 7.74. The minimum atomic E-state index is -0.361. The molecule has 140 valence electrons. The number of anilines is 2. The van der Waals surface area contributed by atoms with Crippen molar-refractivity contribution >= 4 is 39.0 Å². The molecule has 0 radical (unpaired) electrons. The van der Waals surface area contributed by atoms with Crippen molar-refractivity contribution in [1.82, 2.24) is 15.0 Å². The van der Waals surface area contributed by atoms with E-state index < -0.39 is 0 Å². The van der Waals surface area contributed by atoms with Crippen LogP contribution in [0.15, 0.2) is 54.9 Å². The number of benzene rings is 1. The number of hydrogen-bond donors (Lipinski definition) is 1. The van der Waals surface area contributed by atoms with Gasteiger partial charge in [0.1, 0.15) is 10.6 Å². The predicted molar refractivity (Wildman–Crippen MR) is 111 cm³/mol. The Morgan fingerprint density at radius 2 is 2.00 bits per heavy atom. The molecule has 1 aromatic carbocycles. The van der Waals surface area contributed by atoms with Crippen LogP contribution >= 0.6 is 11.3 Å². The average Bonchev–Trinajstić information content (AvgIpc) is 3.18. The molecule has 0 unspecified atom stereocenters. The SMILES string of the molecule is CCc1cc2c(Nc3ccc(C(=O)OC)cc3)nc(-c3cccnc3)nc2s1. The van der Waals surface area contributed by atoms with Crippen molar-refractivity contribution in [2.45, 2.75) is 13.3 Å². The van der Waals surface area contributed by atoms with Crippen LogP contribution in [0.4, 0.5) is 11.5 Å². The van der Waals surface area contributed by atoms with Crippen LogP contribution in [0.5, 0.6) is 0 Å². The van der Waals surface area contributed by atoms with Gasteiger partial charge >= 0.3 is 5.97 Å². The number of ether oxygens (including phenoxy) is 1. The van der Waals surface area contributed by atoms with Gasteiger partial charge in [0.2, 0.25) is 0 Å². The Morgan fingerprint density at radius 3 is 2.68 bits per heavy atom. The highest BCUT2D eigenvalue weighted by Crippen LogP contribution is 2.33. The normalized spacial score (nSPS) is 10.8. The minimum Gasteiger partial charge on any atom is -0.465 e. The van der Waals surface area contributed by atoms with E-state index >= 15 is 0 Å². The lowest BCUT2D eigenvalue weighted by atomic mass is 10.2. The summed E-state index contributed by atoms with van der Waals surface area (Å²) in [6, 6.07) is 13.0. The lowest BCUT2D eigenvalue weighted by molar-refractivity contribution is 0.0601. The number of aromatic nitrogens is 3. The fourth-order valence-electron chi connectivity index (χ4n) is 2.81. The third-order valence-corrected chi connectivity index (χ3v) is 5.45. The van der Waals surface area contributed by atoms with Gasteiger partial charge in [0.05, 0.1) is 18.1 Å². The topological polar surface area (TPSA) is 77.0 Å². The van der Waals surface area contributed by atoms with E-state index in [0.717, 1.165) is 33.7 Å². The molecule has 0 saturated carbocycles. The molecular weight excluding hydrogens is 372 g/mol. The van der Waals surface area contributed by atoms with Gasteiger partial charge in [-0.2, -0.15) is 0 Å². The number of carbonyl (C=O) groups is 1. The number of pyridine rings is 1. The van der Waals surface area contributed by atoms with Gasteiger partial charge < -0.3 is 10.1 Å². The molecule has 0 saturated heterocycles. The smallest absolute Gasteiger partial charge is 0.337 e. The third kappa shape index (κ3) is 3.57. The first kappa shape index (κ1) is 18.1. The Hall–Kier alpha value is -3.32. The van der Waals surface area contributed by atoms with Crippen molar-refractivity contribution in [2.24, 2.45) is 0 Å². The van der Waals surface area contributed by atoms with E-state index in [9.17, 15) is 4.79 Å². The molecule has 0 aliphatic rings. The van der Waals surface area contributed by atoms with Crippen LogP contribution in [-0.2, 0) is 11.2 Å². The first-order chi connectivity index (χ1) is 13.7. The summed E-state index contributed by atoms with van der Waals surface area (Å²) in [5.41, 5.74) is 2.19. The van der Waals surface area contributed by atoms with Crippen molar-refractivity contribution in [3.8, 4) is 11.4 Å². The Balaban J connectivity index is 1.76. The standard InChI is InChI=1S/C21H18N4O2S/c1-3-16-11-17-19(23-15-8-6-13(7-9-15)21(26)27-2)24-18(25-20(17)28-16)14-5-4-10-22-12-14/h4-12H,3H2,1-2H3,(H,23,24,25). The van der Waals surface area contributed by atoms with Crippen LogP contribution in [0.25, 0.3) is 21.6 Å². The second-order valence-corrected chi connectivity index (χ2v) is 7.23. The Labute approximate surface area is 166 Å². The fraction of sp³-hybridized carbons (Fsp3) is 0.143. The molecule has 6 nitrogen and oxygen atoms in total. The molecule has 4 rings (SSSR count). The number of thiophene rings is 1. The maximum Gasteiger partial charge on any atom is 0.337 e. The number of aryl methyl sites for hydroxylation is 1. The fourth-order valence-corrected chi connectivity index (χ4v) is 3.78. The highest BCUT2D eigenvalue weighted by molar-refractivity contribution is 7.18. The molecule has 28 heavy (non-hydrogen) atoms. The number of nitrogens with zero attached hydrogens (tertiary/aromatic N) is 3. The molecule has 0 amide bonds. The van der Waals surface area contributed by atoms with Crippen LogP contribution in [0, 0.1) is 0 Å². The number of esters is 1. The van der Waals surface area contributed by atoms with Crippen molar-refractivity contribution in [3.05, 3.63) is 65.3 Å². The van der Waals surface area contributed by atoms with Gasteiger partial charge in [-0.25, -0.2) is 14.8 Å². The van der Waals surface area contributed by atoms with Crippen molar-refractivity contribution < 1.29 is 9.53 Å². The van der Waals surface area contributed by atoms with E-state index in [4.69, 9.17) is 14.7 Å². The van der Waals surface area contributed by atoms with Crippen LogP contribution in [-0.4, -0.2) is 28.0 Å². The molecular formula is C21H18N4O2S. The maximum atomic E-state index is 11.6.